The van der Waals surface area contributed by atoms with E-state index in [4.69, 9.17) is 15.7 Å². The molecule has 0 aromatic rings. The van der Waals surface area contributed by atoms with Crippen LogP contribution >= 0.6 is 0 Å². The Morgan fingerprint density at radius 3 is 2.88 bits per heavy atom. The first-order chi connectivity index (χ1) is 8.03. The van der Waals surface area contributed by atoms with Crippen molar-refractivity contribution in [1.29, 1.82) is 5.26 Å². The van der Waals surface area contributed by atoms with Gasteiger partial charge in [0, 0.05) is 13.2 Å². The van der Waals surface area contributed by atoms with Crippen LogP contribution in [0, 0.1) is 11.3 Å². The minimum Gasteiger partial charge on any atom is -0.377 e. The van der Waals surface area contributed by atoms with E-state index < -0.39 is 5.54 Å². The summed E-state index contributed by atoms with van der Waals surface area (Å²) in [4.78, 5) is 2.28. The second-order valence-electron chi connectivity index (χ2n) is 5.38. The van der Waals surface area contributed by atoms with Crippen LogP contribution in [0.25, 0.3) is 0 Å². The lowest BCUT2D eigenvalue weighted by molar-refractivity contribution is -0.00168. The van der Waals surface area contributed by atoms with Gasteiger partial charge in [-0.1, -0.05) is 0 Å². The minimum absolute atomic E-state index is 0.397. The van der Waals surface area contributed by atoms with Gasteiger partial charge in [-0.15, -0.1) is 0 Å². The number of rotatable bonds is 6. The maximum atomic E-state index is 8.81. The number of nitrogens with zero attached hydrogens (tertiary/aromatic N) is 2. The van der Waals surface area contributed by atoms with E-state index >= 15 is 0 Å². The molecule has 4 heteroatoms. The zero-order chi connectivity index (χ0) is 12.7. The number of nitrogens with two attached hydrogens (primary N) is 1. The number of nitriles is 1. The average Bonchev–Trinajstić information content (AvgIpc) is 2.30. The Hall–Kier alpha value is -0.630. The van der Waals surface area contributed by atoms with Gasteiger partial charge in [0.25, 0.3) is 0 Å². The fourth-order valence-corrected chi connectivity index (χ4v) is 2.16. The van der Waals surface area contributed by atoms with Crippen molar-refractivity contribution >= 4 is 0 Å². The van der Waals surface area contributed by atoms with Gasteiger partial charge in [-0.2, -0.15) is 5.26 Å². The van der Waals surface area contributed by atoms with E-state index in [1.165, 1.54) is 19.3 Å². The second kappa shape index (κ2) is 6.95. The Balaban J connectivity index is 2.12. The van der Waals surface area contributed by atoms with Crippen molar-refractivity contribution in [1.82, 2.24) is 4.90 Å². The van der Waals surface area contributed by atoms with Gasteiger partial charge in [-0.25, -0.2) is 0 Å². The first-order valence-electron chi connectivity index (χ1n) is 6.54. The summed E-state index contributed by atoms with van der Waals surface area (Å²) in [5.41, 5.74) is 5.10. The average molecular weight is 239 g/mol. The molecule has 1 saturated heterocycles. The highest BCUT2D eigenvalue weighted by Crippen LogP contribution is 2.14. The zero-order valence-corrected chi connectivity index (χ0v) is 11.1. The summed E-state index contributed by atoms with van der Waals surface area (Å²) in [5.74, 6) is 0. The Morgan fingerprint density at radius 1 is 1.53 bits per heavy atom. The molecule has 0 aliphatic carbocycles. The standard InChI is InChI=1S/C13H25N3O/c1-13(15,11-14)7-5-8-16(2)10-12-6-3-4-9-17-12/h12H,3-10,15H2,1-2H3. The number of ether oxygens (including phenoxy) is 1. The van der Waals surface area contributed by atoms with Gasteiger partial charge in [0.2, 0.25) is 0 Å². The van der Waals surface area contributed by atoms with Crippen LogP contribution < -0.4 is 5.73 Å². The van der Waals surface area contributed by atoms with Crippen molar-refractivity contribution in [2.75, 3.05) is 26.7 Å². The summed E-state index contributed by atoms with van der Waals surface area (Å²) in [6.45, 7) is 4.67. The summed E-state index contributed by atoms with van der Waals surface area (Å²) in [5, 5.41) is 8.81. The molecule has 2 N–H and O–H groups in total. The second-order valence-corrected chi connectivity index (χ2v) is 5.38. The van der Waals surface area contributed by atoms with E-state index in [0.29, 0.717) is 6.10 Å². The van der Waals surface area contributed by atoms with E-state index in [0.717, 1.165) is 32.5 Å². The monoisotopic (exact) mass is 239 g/mol. The number of hydrogen-bond acceptors (Lipinski definition) is 4. The minimum atomic E-state index is -0.678. The molecule has 0 amide bonds. The van der Waals surface area contributed by atoms with Gasteiger partial charge in [0.05, 0.1) is 12.2 Å². The maximum absolute atomic E-state index is 8.81. The van der Waals surface area contributed by atoms with Crippen LogP contribution in [-0.4, -0.2) is 43.3 Å². The number of likely N-dealkylation sites (N-methyl/N-ethyl adjacent to an activating group) is 1. The maximum Gasteiger partial charge on any atom is 0.101 e. The van der Waals surface area contributed by atoms with E-state index in [1.807, 2.05) is 0 Å². The highest BCUT2D eigenvalue weighted by Gasteiger charge is 2.18. The van der Waals surface area contributed by atoms with E-state index in [9.17, 15) is 0 Å². The normalized spacial score (nSPS) is 24.3. The van der Waals surface area contributed by atoms with Gasteiger partial charge >= 0.3 is 0 Å². The predicted molar refractivity (Wildman–Crippen MR) is 68.5 cm³/mol. The predicted octanol–water partition coefficient (Wildman–Crippen LogP) is 1.51. The fraction of sp³-hybridized carbons (Fsp3) is 0.923. The molecular formula is C13H25N3O. The third-order valence-electron chi connectivity index (χ3n) is 3.28. The van der Waals surface area contributed by atoms with Crippen LogP contribution in [0.1, 0.15) is 39.0 Å². The molecule has 1 aliphatic rings. The smallest absolute Gasteiger partial charge is 0.101 e. The molecule has 0 bridgehead atoms. The van der Waals surface area contributed by atoms with Crippen molar-refractivity contribution < 1.29 is 4.74 Å². The lowest BCUT2D eigenvalue weighted by atomic mass is 9.99. The first-order valence-corrected chi connectivity index (χ1v) is 6.54. The van der Waals surface area contributed by atoms with Crippen LogP contribution in [0.15, 0.2) is 0 Å². The molecule has 2 unspecified atom stereocenters. The molecule has 2 atom stereocenters. The SMILES string of the molecule is CN(CCCC(C)(N)C#N)CC1CCCCO1. The van der Waals surface area contributed by atoms with Crippen molar-refractivity contribution in [3.05, 3.63) is 0 Å². The van der Waals surface area contributed by atoms with Gasteiger partial charge in [-0.05, 0) is 52.6 Å². The van der Waals surface area contributed by atoms with E-state index in [-0.39, 0.29) is 0 Å². The van der Waals surface area contributed by atoms with E-state index in [2.05, 4.69) is 18.0 Å². The van der Waals surface area contributed by atoms with Crippen LogP contribution in [-0.2, 0) is 4.74 Å². The summed E-state index contributed by atoms with van der Waals surface area (Å²) in [6.07, 6.45) is 5.77. The summed E-state index contributed by atoms with van der Waals surface area (Å²) >= 11 is 0. The topological polar surface area (TPSA) is 62.3 Å². The van der Waals surface area contributed by atoms with Crippen molar-refractivity contribution in [2.24, 2.45) is 5.73 Å². The molecule has 1 rings (SSSR count). The first kappa shape index (κ1) is 14.4. The highest BCUT2D eigenvalue weighted by atomic mass is 16.5. The van der Waals surface area contributed by atoms with Crippen molar-refractivity contribution in [3.63, 3.8) is 0 Å². The molecule has 17 heavy (non-hydrogen) atoms. The van der Waals surface area contributed by atoms with Gasteiger partial charge in [-0.3, -0.25) is 0 Å². The Kier molecular flexibility index (Phi) is 5.90. The molecule has 98 valence electrons. The molecule has 1 aliphatic heterocycles. The molecular weight excluding hydrogens is 214 g/mol. The summed E-state index contributed by atoms with van der Waals surface area (Å²) in [7, 11) is 2.11. The summed E-state index contributed by atoms with van der Waals surface area (Å²) < 4.78 is 5.70. The van der Waals surface area contributed by atoms with Gasteiger partial charge in [0.15, 0.2) is 0 Å². The zero-order valence-electron chi connectivity index (χ0n) is 11.1. The van der Waals surface area contributed by atoms with Gasteiger partial charge < -0.3 is 15.4 Å². The fourth-order valence-electron chi connectivity index (χ4n) is 2.16. The Bertz CT molecular complexity index is 254. The molecule has 0 aromatic heterocycles. The molecule has 1 heterocycles. The molecule has 1 fully saturated rings. The summed E-state index contributed by atoms with van der Waals surface area (Å²) in [6, 6.07) is 2.13. The molecule has 0 radical (unpaired) electrons. The Labute approximate surface area is 105 Å². The van der Waals surface area contributed by atoms with Crippen molar-refractivity contribution in [3.8, 4) is 6.07 Å². The lowest BCUT2D eigenvalue weighted by Gasteiger charge is -2.27. The van der Waals surface area contributed by atoms with Crippen molar-refractivity contribution in [2.45, 2.75) is 50.7 Å². The quantitative estimate of drug-likeness (QED) is 0.763. The van der Waals surface area contributed by atoms with E-state index in [1.54, 1.807) is 6.92 Å². The largest absolute Gasteiger partial charge is 0.377 e. The third kappa shape index (κ3) is 6.02. The van der Waals surface area contributed by atoms with Crippen LogP contribution in [0.2, 0.25) is 0 Å². The molecule has 0 aromatic carbocycles. The molecule has 0 spiro atoms. The highest BCUT2D eigenvalue weighted by molar-refractivity contribution is 5.00. The molecule has 0 saturated carbocycles. The number of hydrogen-bond donors (Lipinski definition) is 1. The van der Waals surface area contributed by atoms with Gasteiger partial charge in [0.1, 0.15) is 5.54 Å². The molecule has 4 nitrogen and oxygen atoms in total. The lowest BCUT2D eigenvalue weighted by Crippen LogP contribution is -2.37. The van der Waals surface area contributed by atoms with Crippen LogP contribution in [0.4, 0.5) is 0 Å². The van der Waals surface area contributed by atoms with Crippen LogP contribution in [0.3, 0.4) is 0 Å². The van der Waals surface area contributed by atoms with Crippen LogP contribution in [0.5, 0.6) is 0 Å². The Morgan fingerprint density at radius 2 is 2.29 bits per heavy atom. The third-order valence-corrected chi connectivity index (χ3v) is 3.28.